The van der Waals surface area contributed by atoms with Gasteiger partial charge in [-0.2, -0.15) is 0 Å². The average Bonchev–Trinajstić information content (AvgIpc) is 2.73. The molecule has 0 bridgehead atoms. The lowest BCUT2D eigenvalue weighted by molar-refractivity contribution is 0.0939. The van der Waals surface area contributed by atoms with Gasteiger partial charge in [0.15, 0.2) is 0 Å². The van der Waals surface area contributed by atoms with E-state index in [0.717, 1.165) is 16.9 Å². The minimum atomic E-state index is -3.85. The Bertz CT molecular complexity index is 1190. The molecule has 3 aromatic carbocycles. The monoisotopic (exact) mass is 438 g/mol. The van der Waals surface area contributed by atoms with Crippen molar-refractivity contribution in [2.75, 3.05) is 11.8 Å². The molecule has 1 atom stereocenters. The van der Waals surface area contributed by atoms with E-state index >= 15 is 0 Å². The number of rotatable bonds is 7. The first kappa shape index (κ1) is 22.4. The zero-order valence-electron chi connectivity index (χ0n) is 18.0. The van der Waals surface area contributed by atoms with Crippen molar-refractivity contribution in [3.63, 3.8) is 0 Å². The predicted octanol–water partition coefficient (Wildman–Crippen LogP) is 4.60. The van der Waals surface area contributed by atoms with Gasteiger partial charge in [0.1, 0.15) is 5.75 Å². The van der Waals surface area contributed by atoms with Crippen LogP contribution in [0.3, 0.4) is 0 Å². The summed E-state index contributed by atoms with van der Waals surface area (Å²) in [6.45, 7) is 5.45. The third kappa shape index (κ3) is 5.44. The second kappa shape index (κ2) is 9.22. The number of ether oxygens (including phenoxy) is 1. The van der Waals surface area contributed by atoms with E-state index in [-0.39, 0.29) is 22.4 Å². The molecule has 0 aliphatic heterocycles. The van der Waals surface area contributed by atoms with Gasteiger partial charge in [-0.15, -0.1) is 0 Å². The molecule has 0 saturated carbocycles. The minimum absolute atomic E-state index is 0.0683. The highest BCUT2D eigenvalue weighted by molar-refractivity contribution is 7.92. The maximum atomic E-state index is 13.0. The molecule has 0 aliphatic carbocycles. The number of hydrogen-bond donors (Lipinski definition) is 2. The molecule has 0 fully saturated rings. The normalized spacial score (nSPS) is 12.1. The van der Waals surface area contributed by atoms with Crippen LogP contribution in [0.25, 0.3) is 0 Å². The quantitative estimate of drug-likeness (QED) is 0.564. The third-order valence-corrected chi connectivity index (χ3v) is 6.50. The molecule has 2 N–H and O–H groups in total. The number of amides is 1. The maximum Gasteiger partial charge on any atom is 0.262 e. The van der Waals surface area contributed by atoms with Gasteiger partial charge in [-0.05, 0) is 73.9 Å². The molecule has 0 radical (unpaired) electrons. The Labute approximate surface area is 183 Å². The van der Waals surface area contributed by atoms with E-state index in [4.69, 9.17) is 4.74 Å². The number of carbonyl (C=O) groups excluding carboxylic acids is 1. The van der Waals surface area contributed by atoms with Crippen LogP contribution in [-0.4, -0.2) is 21.4 Å². The van der Waals surface area contributed by atoms with Crippen molar-refractivity contribution in [3.8, 4) is 5.75 Å². The van der Waals surface area contributed by atoms with Gasteiger partial charge in [-0.25, -0.2) is 8.42 Å². The van der Waals surface area contributed by atoms with Gasteiger partial charge in [0.05, 0.1) is 18.0 Å². The van der Waals surface area contributed by atoms with Gasteiger partial charge in [0.25, 0.3) is 15.9 Å². The van der Waals surface area contributed by atoms with Crippen LogP contribution in [0.4, 0.5) is 5.69 Å². The summed E-state index contributed by atoms with van der Waals surface area (Å²) in [7, 11) is -2.25. The highest BCUT2D eigenvalue weighted by Gasteiger charge is 2.20. The summed E-state index contributed by atoms with van der Waals surface area (Å²) < 4.78 is 33.7. The van der Waals surface area contributed by atoms with Crippen molar-refractivity contribution in [2.24, 2.45) is 0 Å². The molecular formula is C24H26N2O4S. The molecule has 1 amide bonds. The van der Waals surface area contributed by atoms with Gasteiger partial charge in [0.2, 0.25) is 0 Å². The van der Waals surface area contributed by atoms with Crippen LogP contribution >= 0.6 is 0 Å². The van der Waals surface area contributed by atoms with Crippen LogP contribution in [0.2, 0.25) is 0 Å². The highest BCUT2D eigenvalue weighted by atomic mass is 32.2. The molecule has 0 heterocycles. The first-order valence-corrected chi connectivity index (χ1v) is 11.3. The molecular weight excluding hydrogens is 412 g/mol. The van der Waals surface area contributed by atoms with Gasteiger partial charge in [-0.3, -0.25) is 9.52 Å². The zero-order chi connectivity index (χ0) is 22.6. The first-order chi connectivity index (χ1) is 14.7. The number of sulfonamides is 1. The van der Waals surface area contributed by atoms with Crippen molar-refractivity contribution in [1.29, 1.82) is 0 Å². The molecule has 31 heavy (non-hydrogen) atoms. The number of carbonyl (C=O) groups is 1. The fraction of sp³-hybridized carbons (Fsp3) is 0.208. The first-order valence-electron chi connectivity index (χ1n) is 9.84. The molecule has 0 saturated heterocycles. The molecule has 0 aromatic heterocycles. The molecule has 6 nitrogen and oxygen atoms in total. The Morgan fingerprint density at radius 2 is 1.68 bits per heavy atom. The predicted molar refractivity (Wildman–Crippen MR) is 122 cm³/mol. The number of anilines is 1. The van der Waals surface area contributed by atoms with Gasteiger partial charge in [-0.1, -0.05) is 30.3 Å². The molecule has 0 unspecified atom stereocenters. The zero-order valence-corrected chi connectivity index (χ0v) is 18.8. The molecule has 0 spiro atoms. The Balaban J connectivity index is 1.81. The Morgan fingerprint density at radius 1 is 0.968 bits per heavy atom. The maximum absolute atomic E-state index is 13.0. The fourth-order valence-corrected chi connectivity index (χ4v) is 4.53. The summed E-state index contributed by atoms with van der Waals surface area (Å²) in [4.78, 5) is 12.9. The van der Waals surface area contributed by atoms with Crippen LogP contribution in [0.15, 0.2) is 71.6 Å². The number of hydrogen-bond acceptors (Lipinski definition) is 4. The van der Waals surface area contributed by atoms with Crippen LogP contribution in [0.5, 0.6) is 5.75 Å². The minimum Gasteiger partial charge on any atom is -0.497 e. The summed E-state index contributed by atoms with van der Waals surface area (Å²) in [5.41, 5.74) is 3.16. The molecule has 162 valence electrons. The van der Waals surface area contributed by atoms with E-state index in [0.29, 0.717) is 11.3 Å². The SMILES string of the molecule is COc1ccc([C@H](C)NC(=O)c2ccc(C)c(S(=O)(=O)Nc3cccc(C)c3)c2)cc1. The van der Waals surface area contributed by atoms with Crippen molar-refractivity contribution in [1.82, 2.24) is 5.32 Å². The molecule has 3 rings (SSSR count). The van der Waals surface area contributed by atoms with Crippen LogP contribution in [0, 0.1) is 13.8 Å². The van der Waals surface area contributed by atoms with E-state index in [2.05, 4.69) is 10.0 Å². The lowest BCUT2D eigenvalue weighted by Gasteiger charge is -2.16. The number of methoxy groups -OCH3 is 1. The third-order valence-electron chi connectivity index (χ3n) is 4.97. The van der Waals surface area contributed by atoms with Crippen molar-refractivity contribution in [3.05, 3.63) is 89.0 Å². The smallest absolute Gasteiger partial charge is 0.262 e. The standard InChI is InChI=1S/C24H26N2O4S/c1-16-6-5-7-21(14-16)26-31(28,29)23-15-20(9-8-17(23)2)24(27)25-18(3)19-10-12-22(30-4)13-11-19/h5-15,18,26H,1-4H3,(H,25,27)/t18-/m0/s1. The Kier molecular flexibility index (Phi) is 6.65. The summed E-state index contributed by atoms with van der Waals surface area (Å²) in [6, 6.07) is 18.9. The highest BCUT2D eigenvalue weighted by Crippen LogP contribution is 2.22. The molecule has 0 aliphatic rings. The van der Waals surface area contributed by atoms with E-state index in [1.165, 1.54) is 6.07 Å². The van der Waals surface area contributed by atoms with E-state index in [1.54, 1.807) is 44.4 Å². The average molecular weight is 439 g/mol. The lowest BCUT2D eigenvalue weighted by Crippen LogP contribution is -2.27. The Morgan fingerprint density at radius 3 is 2.32 bits per heavy atom. The summed E-state index contributed by atoms with van der Waals surface area (Å²) in [6.07, 6.45) is 0. The van der Waals surface area contributed by atoms with E-state index < -0.39 is 10.0 Å². The second-order valence-corrected chi connectivity index (χ2v) is 9.07. The second-order valence-electron chi connectivity index (χ2n) is 7.42. The van der Waals surface area contributed by atoms with E-state index in [9.17, 15) is 13.2 Å². The Hall–Kier alpha value is -3.32. The van der Waals surface area contributed by atoms with E-state index in [1.807, 2.05) is 44.2 Å². The van der Waals surface area contributed by atoms with Crippen molar-refractivity contribution in [2.45, 2.75) is 31.7 Å². The van der Waals surface area contributed by atoms with Gasteiger partial charge >= 0.3 is 0 Å². The summed E-state index contributed by atoms with van der Waals surface area (Å²) in [5.74, 6) is 0.382. The van der Waals surface area contributed by atoms with Crippen molar-refractivity contribution < 1.29 is 17.9 Å². The summed E-state index contributed by atoms with van der Waals surface area (Å²) >= 11 is 0. The van der Waals surface area contributed by atoms with Crippen LogP contribution < -0.4 is 14.8 Å². The molecule has 7 heteroatoms. The topological polar surface area (TPSA) is 84.5 Å². The van der Waals surface area contributed by atoms with Crippen LogP contribution in [-0.2, 0) is 10.0 Å². The number of nitrogens with one attached hydrogen (secondary N) is 2. The van der Waals surface area contributed by atoms with Gasteiger partial charge in [0, 0.05) is 11.3 Å². The van der Waals surface area contributed by atoms with Crippen molar-refractivity contribution >= 4 is 21.6 Å². The van der Waals surface area contributed by atoms with Gasteiger partial charge < -0.3 is 10.1 Å². The largest absolute Gasteiger partial charge is 0.497 e. The lowest BCUT2D eigenvalue weighted by atomic mass is 10.1. The summed E-state index contributed by atoms with van der Waals surface area (Å²) in [5, 5.41) is 2.91. The molecule has 3 aromatic rings. The number of aryl methyl sites for hydroxylation is 2. The fourth-order valence-electron chi connectivity index (χ4n) is 3.21. The number of benzene rings is 3. The van der Waals surface area contributed by atoms with Crippen LogP contribution in [0.1, 0.15) is 40.0 Å².